The summed E-state index contributed by atoms with van der Waals surface area (Å²) in [5, 5.41) is 0. The molecule has 0 heterocycles. The largest absolute Gasteiger partial charge is 0.481 e. The molecule has 29 heavy (non-hydrogen) atoms. The van der Waals surface area contributed by atoms with Gasteiger partial charge < -0.3 is 4.74 Å². The Morgan fingerprint density at radius 3 is 2.03 bits per heavy atom. The van der Waals surface area contributed by atoms with Crippen molar-refractivity contribution in [1.29, 1.82) is 0 Å². The molecule has 1 aromatic rings. The summed E-state index contributed by atoms with van der Waals surface area (Å²) in [4.78, 5) is 0. The fourth-order valence-corrected chi connectivity index (χ4v) is 5.12. The zero-order valence-electron chi connectivity index (χ0n) is 16.8. The molecule has 0 aromatic heterocycles. The topological polar surface area (TPSA) is 9.23 Å². The van der Waals surface area contributed by atoms with Crippen LogP contribution < -0.4 is 4.74 Å². The molecular weight excluding hydrogens is 387 g/mol. The maximum absolute atomic E-state index is 14.5. The van der Waals surface area contributed by atoms with Gasteiger partial charge in [0.25, 0.3) is 0 Å². The third-order valence-corrected chi connectivity index (χ3v) is 6.63. The van der Waals surface area contributed by atoms with Gasteiger partial charge in [0, 0.05) is 0 Å². The molecule has 0 bridgehead atoms. The van der Waals surface area contributed by atoms with E-state index >= 15 is 0 Å². The van der Waals surface area contributed by atoms with Crippen LogP contribution in [0.4, 0.5) is 22.0 Å². The molecule has 0 spiro atoms. The maximum atomic E-state index is 14.5. The molecule has 6 heteroatoms. The smallest absolute Gasteiger partial charge is 0.422 e. The van der Waals surface area contributed by atoms with Crippen molar-refractivity contribution < 1.29 is 26.7 Å². The van der Waals surface area contributed by atoms with Crippen molar-refractivity contribution >= 4 is 0 Å². The summed E-state index contributed by atoms with van der Waals surface area (Å²) >= 11 is 0. The second-order valence-electron chi connectivity index (χ2n) is 8.50. The number of halogens is 5. The van der Waals surface area contributed by atoms with Gasteiger partial charge in [-0.1, -0.05) is 18.2 Å². The van der Waals surface area contributed by atoms with Crippen LogP contribution >= 0.6 is 0 Å². The van der Waals surface area contributed by atoms with E-state index in [1.165, 1.54) is 31.7 Å². The Morgan fingerprint density at radius 2 is 1.48 bits per heavy atom. The predicted molar refractivity (Wildman–Crippen MR) is 103 cm³/mol. The van der Waals surface area contributed by atoms with Crippen LogP contribution in [0.3, 0.4) is 0 Å². The molecule has 1 nitrogen and oxygen atoms in total. The molecule has 2 aliphatic carbocycles. The zero-order chi connectivity index (χ0) is 21.0. The standard InChI is InChI=1S/C23H29F5O/c1-2-3-15-4-6-16(7-5-15)17-8-10-18(11-9-17)19-12-13-20(22(25)21(19)24)29-14-23(26,27)28/h2-3,12-13,15-18H,4-11,14H2,1H3/b3-2+. The third-order valence-electron chi connectivity index (χ3n) is 6.63. The highest BCUT2D eigenvalue weighted by molar-refractivity contribution is 5.33. The fourth-order valence-electron chi connectivity index (χ4n) is 5.12. The van der Waals surface area contributed by atoms with Crippen LogP contribution in [-0.4, -0.2) is 12.8 Å². The number of hydrogen-bond acceptors (Lipinski definition) is 1. The van der Waals surface area contributed by atoms with Crippen LogP contribution in [0.15, 0.2) is 24.3 Å². The molecule has 3 rings (SSSR count). The van der Waals surface area contributed by atoms with Gasteiger partial charge in [0.2, 0.25) is 5.82 Å². The van der Waals surface area contributed by atoms with Gasteiger partial charge in [-0.25, -0.2) is 4.39 Å². The highest BCUT2D eigenvalue weighted by Gasteiger charge is 2.33. The number of ether oxygens (including phenoxy) is 1. The van der Waals surface area contributed by atoms with Gasteiger partial charge in [0.1, 0.15) is 0 Å². The Kier molecular flexibility index (Phi) is 7.23. The number of rotatable bonds is 5. The fraction of sp³-hybridized carbons (Fsp3) is 0.652. The van der Waals surface area contributed by atoms with Crippen molar-refractivity contribution in [3.63, 3.8) is 0 Å². The van der Waals surface area contributed by atoms with E-state index in [1.54, 1.807) is 0 Å². The lowest BCUT2D eigenvalue weighted by atomic mass is 9.68. The molecule has 0 saturated heterocycles. The summed E-state index contributed by atoms with van der Waals surface area (Å²) in [7, 11) is 0. The Balaban J connectivity index is 1.56. The summed E-state index contributed by atoms with van der Waals surface area (Å²) in [5.74, 6) is -1.11. The molecular formula is C23H29F5O. The lowest BCUT2D eigenvalue weighted by Gasteiger charge is -2.37. The van der Waals surface area contributed by atoms with E-state index < -0.39 is 30.2 Å². The summed E-state index contributed by atoms with van der Waals surface area (Å²) in [5.41, 5.74) is 0.261. The van der Waals surface area contributed by atoms with E-state index in [9.17, 15) is 22.0 Å². The van der Waals surface area contributed by atoms with E-state index in [-0.39, 0.29) is 11.5 Å². The summed E-state index contributed by atoms with van der Waals surface area (Å²) in [6.07, 6.45) is 8.34. The van der Waals surface area contributed by atoms with Crippen molar-refractivity contribution in [3.8, 4) is 5.75 Å². The van der Waals surface area contributed by atoms with Crippen molar-refractivity contribution in [2.75, 3.05) is 6.61 Å². The Labute approximate surface area is 169 Å². The predicted octanol–water partition coefficient (Wildman–Crippen LogP) is 7.56. The molecule has 2 saturated carbocycles. The second kappa shape index (κ2) is 9.48. The summed E-state index contributed by atoms with van der Waals surface area (Å²) in [6, 6.07) is 2.51. The Hall–Kier alpha value is -1.59. The van der Waals surface area contributed by atoms with E-state index in [2.05, 4.69) is 23.8 Å². The molecule has 2 fully saturated rings. The molecule has 0 aliphatic heterocycles. The van der Waals surface area contributed by atoms with Gasteiger partial charge in [-0.15, -0.1) is 0 Å². The lowest BCUT2D eigenvalue weighted by Crippen LogP contribution is -2.25. The van der Waals surface area contributed by atoms with Crippen LogP contribution in [-0.2, 0) is 0 Å². The first-order valence-electron chi connectivity index (χ1n) is 10.6. The van der Waals surface area contributed by atoms with E-state index in [1.807, 2.05) is 0 Å². The van der Waals surface area contributed by atoms with Crippen LogP contribution in [0, 0.1) is 29.4 Å². The molecule has 1 aromatic carbocycles. The summed E-state index contributed by atoms with van der Waals surface area (Å²) < 4.78 is 69.8. The van der Waals surface area contributed by atoms with Crippen molar-refractivity contribution in [2.45, 2.75) is 70.4 Å². The second-order valence-corrected chi connectivity index (χ2v) is 8.50. The monoisotopic (exact) mass is 416 g/mol. The third kappa shape index (κ3) is 5.73. The molecule has 0 atom stereocenters. The van der Waals surface area contributed by atoms with Gasteiger partial charge in [-0.3, -0.25) is 0 Å². The molecule has 0 radical (unpaired) electrons. The number of benzene rings is 1. The van der Waals surface area contributed by atoms with Gasteiger partial charge in [-0.05, 0) is 93.6 Å². The highest BCUT2D eigenvalue weighted by Crippen LogP contribution is 2.45. The van der Waals surface area contributed by atoms with Crippen LogP contribution in [0.2, 0.25) is 0 Å². The molecule has 2 aliphatic rings. The van der Waals surface area contributed by atoms with Crippen molar-refractivity contribution in [3.05, 3.63) is 41.5 Å². The SMILES string of the molecule is C/C=C/C1CCC(C2CCC(c3ccc(OCC(F)(F)F)c(F)c3F)CC2)CC1. The Morgan fingerprint density at radius 1 is 0.897 bits per heavy atom. The zero-order valence-corrected chi connectivity index (χ0v) is 16.8. The molecule has 162 valence electrons. The van der Waals surface area contributed by atoms with Gasteiger partial charge in [0.05, 0.1) is 0 Å². The number of alkyl halides is 3. The molecule has 0 N–H and O–H groups in total. The van der Waals surface area contributed by atoms with Gasteiger partial charge in [-0.2, -0.15) is 17.6 Å². The minimum absolute atomic E-state index is 0.0863. The first kappa shape index (κ1) is 22.1. The average molecular weight is 416 g/mol. The first-order chi connectivity index (χ1) is 13.8. The number of hydrogen-bond donors (Lipinski definition) is 0. The van der Waals surface area contributed by atoms with Crippen LogP contribution in [0.25, 0.3) is 0 Å². The molecule has 0 amide bonds. The van der Waals surface area contributed by atoms with Gasteiger partial charge in [0.15, 0.2) is 18.2 Å². The highest BCUT2D eigenvalue weighted by atomic mass is 19.4. The quantitative estimate of drug-likeness (QED) is 0.355. The average Bonchev–Trinajstić information content (AvgIpc) is 2.70. The minimum Gasteiger partial charge on any atom is -0.481 e. The minimum atomic E-state index is -4.59. The van der Waals surface area contributed by atoms with Crippen molar-refractivity contribution in [2.24, 2.45) is 17.8 Å². The number of allylic oxidation sites excluding steroid dienone is 2. The van der Waals surface area contributed by atoms with E-state index in [0.717, 1.165) is 37.7 Å². The van der Waals surface area contributed by atoms with Crippen LogP contribution in [0.5, 0.6) is 5.75 Å². The summed E-state index contributed by atoms with van der Waals surface area (Å²) in [6.45, 7) is 0.425. The Bertz CT molecular complexity index is 696. The van der Waals surface area contributed by atoms with E-state index in [4.69, 9.17) is 0 Å². The maximum Gasteiger partial charge on any atom is 0.422 e. The first-order valence-corrected chi connectivity index (χ1v) is 10.6. The van der Waals surface area contributed by atoms with E-state index in [0.29, 0.717) is 11.8 Å². The van der Waals surface area contributed by atoms with Crippen molar-refractivity contribution in [1.82, 2.24) is 0 Å². The van der Waals surface area contributed by atoms with Crippen LogP contribution in [0.1, 0.15) is 69.8 Å². The normalized spacial score (nSPS) is 28.6. The van der Waals surface area contributed by atoms with Gasteiger partial charge >= 0.3 is 6.18 Å². The molecule has 0 unspecified atom stereocenters. The lowest BCUT2D eigenvalue weighted by molar-refractivity contribution is -0.153.